The first-order chi connectivity index (χ1) is 9.58. The van der Waals surface area contributed by atoms with E-state index in [1.54, 1.807) is 12.5 Å². The predicted molar refractivity (Wildman–Crippen MR) is 72.9 cm³/mol. The Kier molecular flexibility index (Phi) is 4.52. The standard InChI is InChI=1S/C13H19N5O2/c1-8(2)11(14)13-18-10(6-20-13)12(19)16-4-3-9-5-15-7-17-9/h5-8,11H,3-4,14H2,1-2H3,(H,15,17)(H,16,19). The quantitative estimate of drug-likeness (QED) is 0.730. The first-order valence-corrected chi connectivity index (χ1v) is 6.54. The van der Waals surface area contributed by atoms with Gasteiger partial charge in [-0.05, 0) is 5.92 Å². The average molecular weight is 277 g/mol. The highest BCUT2D eigenvalue weighted by molar-refractivity contribution is 5.91. The van der Waals surface area contributed by atoms with Gasteiger partial charge >= 0.3 is 0 Å². The molecule has 0 aliphatic heterocycles. The normalized spacial score (nSPS) is 12.6. The second-order valence-electron chi connectivity index (χ2n) is 4.92. The third-order valence-corrected chi connectivity index (χ3v) is 2.99. The molecule has 0 fully saturated rings. The molecule has 1 amide bonds. The molecule has 1 unspecified atom stereocenters. The summed E-state index contributed by atoms with van der Waals surface area (Å²) in [5.74, 6) is 0.319. The number of hydrogen-bond donors (Lipinski definition) is 3. The summed E-state index contributed by atoms with van der Waals surface area (Å²) in [4.78, 5) is 22.9. The van der Waals surface area contributed by atoms with Crippen molar-refractivity contribution in [3.05, 3.63) is 36.1 Å². The molecule has 7 nitrogen and oxygen atoms in total. The molecule has 0 saturated heterocycles. The molecule has 0 radical (unpaired) electrons. The number of imidazole rings is 1. The number of amides is 1. The van der Waals surface area contributed by atoms with E-state index < -0.39 is 0 Å². The Labute approximate surface area is 117 Å². The average Bonchev–Trinajstić information content (AvgIpc) is 3.08. The number of rotatable bonds is 6. The Morgan fingerprint density at radius 2 is 2.35 bits per heavy atom. The van der Waals surface area contributed by atoms with Crippen LogP contribution in [0.25, 0.3) is 0 Å². The molecular formula is C13H19N5O2. The fraction of sp³-hybridized carbons (Fsp3) is 0.462. The van der Waals surface area contributed by atoms with Crippen LogP contribution in [0.15, 0.2) is 23.2 Å². The van der Waals surface area contributed by atoms with Crippen LogP contribution < -0.4 is 11.1 Å². The summed E-state index contributed by atoms with van der Waals surface area (Å²) in [7, 11) is 0. The highest BCUT2D eigenvalue weighted by Gasteiger charge is 2.19. The number of hydrogen-bond acceptors (Lipinski definition) is 5. The minimum Gasteiger partial charge on any atom is -0.446 e. The van der Waals surface area contributed by atoms with E-state index in [1.807, 2.05) is 13.8 Å². The second-order valence-corrected chi connectivity index (χ2v) is 4.92. The monoisotopic (exact) mass is 277 g/mol. The summed E-state index contributed by atoms with van der Waals surface area (Å²) in [5.41, 5.74) is 7.13. The minimum absolute atomic E-state index is 0.199. The molecule has 1 atom stereocenters. The van der Waals surface area contributed by atoms with Crippen molar-refractivity contribution in [2.24, 2.45) is 11.7 Å². The van der Waals surface area contributed by atoms with Crippen LogP contribution in [0.2, 0.25) is 0 Å². The van der Waals surface area contributed by atoms with Crippen molar-refractivity contribution < 1.29 is 9.21 Å². The van der Waals surface area contributed by atoms with Crippen LogP contribution in [0, 0.1) is 5.92 Å². The Morgan fingerprint density at radius 1 is 1.55 bits per heavy atom. The second kappa shape index (κ2) is 6.33. The maximum absolute atomic E-state index is 11.9. The van der Waals surface area contributed by atoms with E-state index in [0.29, 0.717) is 18.9 Å². The lowest BCUT2D eigenvalue weighted by Gasteiger charge is -2.10. The molecule has 4 N–H and O–H groups in total. The number of nitrogens with zero attached hydrogens (tertiary/aromatic N) is 2. The van der Waals surface area contributed by atoms with E-state index in [1.165, 1.54) is 6.26 Å². The van der Waals surface area contributed by atoms with E-state index in [-0.39, 0.29) is 23.6 Å². The van der Waals surface area contributed by atoms with Crippen LogP contribution in [-0.2, 0) is 6.42 Å². The lowest BCUT2D eigenvalue weighted by atomic mass is 10.1. The molecule has 0 aliphatic carbocycles. The van der Waals surface area contributed by atoms with Crippen molar-refractivity contribution in [2.75, 3.05) is 6.54 Å². The number of oxazole rings is 1. The minimum atomic E-state index is -0.304. The summed E-state index contributed by atoms with van der Waals surface area (Å²) < 4.78 is 5.25. The largest absolute Gasteiger partial charge is 0.446 e. The molecule has 0 aliphatic rings. The van der Waals surface area contributed by atoms with Crippen molar-refractivity contribution >= 4 is 5.91 Å². The molecule has 2 rings (SSSR count). The van der Waals surface area contributed by atoms with Crippen molar-refractivity contribution in [1.29, 1.82) is 0 Å². The van der Waals surface area contributed by atoms with Gasteiger partial charge < -0.3 is 20.5 Å². The zero-order chi connectivity index (χ0) is 14.5. The summed E-state index contributed by atoms with van der Waals surface area (Å²) in [5, 5.41) is 2.77. The van der Waals surface area contributed by atoms with Crippen molar-refractivity contribution in [3.63, 3.8) is 0 Å². The number of aromatic amines is 1. The molecule has 20 heavy (non-hydrogen) atoms. The molecule has 7 heteroatoms. The van der Waals surface area contributed by atoms with E-state index in [2.05, 4.69) is 20.3 Å². The van der Waals surface area contributed by atoms with E-state index in [9.17, 15) is 4.79 Å². The lowest BCUT2D eigenvalue weighted by Crippen LogP contribution is -2.26. The molecule has 0 bridgehead atoms. The van der Waals surface area contributed by atoms with Gasteiger partial charge in [0.25, 0.3) is 5.91 Å². The molecular weight excluding hydrogens is 258 g/mol. The number of carbonyl (C=O) groups excluding carboxylic acids is 1. The molecule has 2 aromatic heterocycles. The lowest BCUT2D eigenvalue weighted by molar-refractivity contribution is 0.0949. The Hall–Kier alpha value is -2.15. The highest BCUT2D eigenvalue weighted by atomic mass is 16.3. The van der Waals surface area contributed by atoms with Gasteiger partial charge in [0.2, 0.25) is 5.89 Å². The van der Waals surface area contributed by atoms with Gasteiger partial charge in [0.15, 0.2) is 5.69 Å². The fourth-order valence-electron chi connectivity index (χ4n) is 1.65. The molecule has 0 spiro atoms. The SMILES string of the molecule is CC(C)C(N)c1nc(C(=O)NCCc2cnc[nH]2)co1. The van der Waals surface area contributed by atoms with Gasteiger partial charge in [0.05, 0.1) is 12.4 Å². The maximum atomic E-state index is 11.9. The smallest absolute Gasteiger partial charge is 0.273 e. The number of nitrogens with two attached hydrogens (primary N) is 1. The fourth-order valence-corrected chi connectivity index (χ4v) is 1.65. The topological polar surface area (TPSA) is 110 Å². The van der Waals surface area contributed by atoms with Crippen LogP contribution in [0.5, 0.6) is 0 Å². The molecule has 2 aromatic rings. The number of nitrogens with one attached hydrogen (secondary N) is 2. The summed E-state index contributed by atoms with van der Waals surface area (Å²) in [6, 6.07) is -0.304. The van der Waals surface area contributed by atoms with Crippen LogP contribution in [0.3, 0.4) is 0 Å². The van der Waals surface area contributed by atoms with Gasteiger partial charge in [-0.3, -0.25) is 4.79 Å². The van der Waals surface area contributed by atoms with Crippen molar-refractivity contribution in [3.8, 4) is 0 Å². The third kappa shape index (κ3) is 3.45. The highest BCUT2D eigenvalue weighted by Crippen LogP contribution is 2.17. The van der Waals surface area contributed by atoms with Gasteiger partial charge in [0, 0.05) is 24.9 Å². The predicted octanol–water partition coefficient (Wildman–Crippen LogP) is 1.03. The van der Waals surface area contributed by atoms with Gasteiger partial charge in [-0.25, -0.2) is 9.97 Å². The van der Waals surface area contributed by atoms with E-state index in [4.69, 9.17) is 10.2 Å². The number of carbonyl (C=O) groups is 1. The summed E-state index contributed by atoms with van der Waals surface area (Å²) in [6.45, 7) is 4.44. The third-order valence-electron chi connectivity index (χ3n) is 2.99. The van der Waals surface area contributed by atoms with Crippen LogP contribution >= 0.6 is 0 Å². The maximum Gasteiger partial charge on any atom is 0.273 e. The van der Waals surface area contributed by atoms with E-state index >= 15 is 0 Å². The number of aromatic nitrogens is 3. The zero-order valence-corrected chi connectivity index (χ0v) is 11.6. The van der Waals surface area contributed by atoms with Crippen molar-refractivity contribution in [2.45, 2.75) is 26.3 Å². The molecule has 0 aromatic carbocycles. The van der Waals surface area contributed by atoms with Gasteiger partial charge in [-0.2, -0.15) is 0 Å². The Balaban J connectivity index is 1.86. The molecule has 2 heterocycles. The Morgan fingerprint density at radius 3 is 3.00 bits per heavy atom. The van der Waals surface area contributed by atoms with E-state index in [0.717, 1.165) is 5.69 Å². The zero-order valence-electron chi connectivity index (χ0n) is 11.6. The van der Waals surface area contributed by atoms with Gasteiger partial charge in [-0.15, -0.1) is 0 Å². The van der Waals surface area contributed by atoms with Crippen LogP contribution in [0.1, 0.15) is 42.0 Å². The number of H-pyrrole nitrogens is 1. The molecule has 108 valence electrons. The van der Waals surface area contributed by atoms with Gasteiger partial charge in [-0.1, -0.05) is 13.8 Å². The van der Waals surface area contributed by atoms with Gasteiger partial charge in [0.1, 0.15) is 6.26 Å². The van der Waals surface area contributed by atoms with Crippen molar-refractivity contribution in [1.82, 2.24) is 20.3 Å². The Bertz CT molecular complexity index is 547. The first kappa shape index (κ1) is 14.3. The van der Waals surface area contributed by atoms with Crippen LogP contribution in [-0.4, -0.2) is 27.4 Å². The molecule has 0 saturated carbocycles. The summed E-state index contributed by atoms with van der Waals surface area (Å²) in [6.07, 6.45) is 5.35. The first-order valence-electron chi connectivity index (χ1n) is 6.54. The summed E-state index contributed by atoms with van der Waals surface area (Å²) >= 11 is 0. The van der Waals surface area contributed by atoms with Crippen LogP contribution in [0.4, 0.5) is 0 Å².